The van der Waals surface area contributed by atoms with Crippen LogP contribution in [0.4, 0.5) is 0 Å². The molecular formula is C36H26Br2Fe2. The molecule has 0 fully saturated rings. The summed E-state index contributed by atoms with van der Waals surface area (Å²) in [4.78, 5) is 0. The van der Waals surface area contributed by atoms with Crippen LogP contribution in [0.25, 0.3) is 0 Å². The van der Waals surface area contributed by atoms with E-state index in [-0.39, 0.29) is 34.1 Å². The van der Waals surface area contributed by atoms with Crippen molar-refractivity contribution >= 4 is 31.9 Å². The van der Waals surface area contributed by atoms with Gasteiger partial charge in [-0.3, -0.25) is 0 Å². The van der Waals surface area contributed by atoms with Crippen LogP contribution in [0.1, 0.15) is 22.3 Å². The van der Waals surface area contributed by atoms with Gasteiger partial charge in [-0.15, -0.1) is 35.1 Å². The van der Waals surface area contributed by atoms with E-state index < -0.39 is 0 Å². The molecule has 0 radical (unpaired) electrons. The summed E-state index contributed by atoms with van der Waals surface area (Å²) >= 11 is 6.77. The molecule has 4 heteroatoms. The molecule has 0 heterocycles. The van der Waals surface area contributed by atoms with Gasteiger partial charge >= 0.3 is 34.1 Å². The van der Waals surface area contributed by atoms with Crippen LogP contribution in [-0.4, -0.2) is 0 Å². The quantitative estimate of drug-likeness (QED) is 0.0830. The van der Waals surface area contributed by atoms with Crippen LogP contribution in [0, 0.1) is 23.7 Å². The molecule has 0 aliphatic carbocycles. The van der Waals surface area contributed by atoms with Gasteiger partial charge in [-0.05, 0) is 48.5 Å². The first-order valence-electron chi connectivity index (χ1n) is 12.0. The molecule has 0 spiro atoms. The Labute approximate surface area is 276 Å². The summed E-state index contributed by atoms with van der Waals surface area (Å²) in [5, 5.41) is 0. The fourth-order valence-corrected chi connectivity index (χ4v) is 3.44. The van der Waals surface area contributed by atoms with Crippen molar-refractivity contribution in [3.05, 3.63) is 189 Å². The zero-order chi connectivity index (χ0) is 26.7. The Morgan fingerprint density at radius 1 is 0.400 bits per heavy atom. The monoisotopic (exact) mass is 728 g/mol. The molecule has 40 heavy (non-hydrogen) atoms. The van der Waals surface area contributed by atoms with Crippen molar-refractivity contribution in [2.24, 2.45) is 0 Å². The Morgan fingerprint density at radius 3 is 1.00 bits per heavy atom. The maximum Gasteiger partial charge on any atom is 2.00 e. The average Bonchev–Trinajstić information content (AvgIpc) is 3.78. The maximum absolute atomic E-state index is 3.39. The van der Waals surface area contributed by atoms with E-state index in [1.54, 1.807) is 0 Å². The van der Waals surface area contributed by atoms with Gasteiger partial charge in [0.1, 0.15) is 0 Å². The van der Waals surface area contributed by atoms with Crippen molar-refractivity contribution in [2.75, 3.05) is 0 Å². The van der Waals surface area contributed by atoms with Crippen molar-refractivity contribution in [1.82, 2.24) is 0 Å². The van der Waals surface area contributed by atoms with E-state index in [1.165, 1.54) is 0 Å². The minimum absolute atomic E-state index is 0. The van der Waals surface area contributed by atoms with Gasteiger partial charge in [-0.1, -0.05) is 31.9 Å². The molecule has 200 valence electrons. The van der Waals surface area contributed by atoms with Crippen LogP contribution in [-0.2, 0) is 34.1 Å². The Hall–Kier alpha value is -3.04. The van der Waals surface area contributed by atoms with Crippen LogP contribution < -0.4 is 0 Å². The van der Waals surface area contributed by atoms with Gasteiger partial charge in [0, 0.05) is 20.1 Å². The van der Waals surface area contributed by atoms with Crippen molar-refractivity contribution < 1.29 is 34.1 Å². The van der Waals surface area contributed by atoms with Gasteiger partial charge in [0.15, 0.2) is 0 Å². The molecule has 6 aromatic carbocycles. The molecule has 6 aromatic rings. The van der Waals surface area contributed by atoms with Crippen molar-refractivity contribution in [2.45, 2.75) is 0 Å². The second-order valence-corrected chi connectivity index (χ2v) is 9.62. The van der Waals surface area contributed by atoms with Gasteiger partial charge in [-0.25, -0.2) is 24.3 Å². The van der Waals surface area contributed by atoms with E-state index in [2.05, 4.69) is 55.5 Å². The maximum atomic E-state index is 3.39. The standard InChI is InChI=1S/2C13H8Br.2C5H5.2Fe/c2*14-13-9-7-12(8-10-13)6-5-11-3-1-2-4-11;2*1-2-4-5-3-1;;/h2*1-4,7-10H;2*1-5H;;/q4*-1;2*+2. The predicted molar refractivity (Wildman–Crippen MR) is 168 cm³/mol. The van der Waals surface area contributed by atoms with Crippen molar-refractivity contribution in [3.8, 4) is 23.7 Å². The number of rotatable bonds is 0. The van der Waals surface area contributed by atoms with E-state index in [4.69, 9.17) is 0 Å². The number of halogens is 2. The summed E-state index contributed by atoms with van der Waals surface area (Å²) < 4.78 is 2.16. The molecule has 0 saturated carbocycles. The first-order valence-corrected chi connectivity index (χ1v) is 13.6. The minimum Gasteiger partial charge on any atom is -0.214 e. The van der Waals surface area contributed by atoms with Gasteiger partial charge in [0.2, 0.25) is 0 Å². The first kappa shape index (κ1) is 35.0. The summed E-state index contributed by atoms with van der Waals surface area (Å²) in [6, 6.07) is 52.0. The van der Waals surface area contributed by atoms with Crippen LogP contribution in [0.5, 0.6) is 0 Å². The normalized spacial score (nSPS) is 8.45. The van der Waals surface area contributed by atoms with Gasteiger partial charge < -0.3 is 0 Å². The second-order valence-electron chi connectivity index (χ2n) is 7.79. The van der Waals surface area contributed by atoms with E-state index >= 15 is 0 Å². The first-order chi connectivity index (χ1) is 18.7. The van der Waals surface area contributed by atoms with Crippen LogP contribution in [0.15, 0.2) is 167 Å². The van der Waals surface area contributed by atoms with E-state index in [1.807, 2.05) is 158 Å². The van der Waals surface area contributed by atoms with Gasteiger partial charge in [-0.2, -0.15) is 84.6 Å². The molecule has 0 N–H and O–H groups in total. The van der Waals surface area contributed by atoms with Crippen LogP contribution in [0.3, 0.4) is 0 Å². The van der Waals surface area contributed by atoms with Gasteiger partial charge in [0.05, 0.1) is 0 Å². The zero-order valence-electron chi connectivity index (χ0n) is 21.5. The molecule has 0 unspecified atom stereocenters. The van der Waals surface area contributed by atoms with Crippen LogP contribution >= 0.6 is 31.9 Å². The number of hydrogen-bond donors (Lipinski definition) is 0. The third kappa shape index (κ3) is 15.5. The Kier molecular flexibility index (Phi) is 19.0. The smallest absolute Gasteiger partial charge is 0.214 e. The summed E-state index contributed by atoms with van der Waals surface area (Å²) in [5.74, 6) is 12.4. The summed E-state index contributed by atoms with van der Waals surface area (Å²) in [6.07, 6.45) is 0. The molecule has 0 aliphatic rings. The van der Waals surface area contributed by atoms with Crippen molar-refractivity contribution in [1.29, 1.82) is 0 Å². The average molecular weight is 730 g/mol. The molecular weight excluding hydrogens is 704 g/mol. The summed E-state index contributed by atoms with van der Waals surface area (Å²) in [6.45, 7) is 0. The molecule has 6 rings (SSSR count). The molecule has 0 atom stereocenters. The van der Waals surface area contributed by atoms with Gasteiger partial charge in [0.25, 0.3) is 0 Å². The topological polar surface area (TPSA) is 0 Å². The minimum atomic E-state index is 0. The molecule has 0 amide bonds. The predicted octanol–water partition coefficient (Wildman–Crippen LogP) is 9.94. The Morgan fingerprint density at radius 2 is 0.750 bits per heavy atom. The third-order valence-corrected chi connectivity index (χ3v) is 5.88. The molecule has 0 aromatic heterocycles. The van der Waals surface area contributed by atoms with Crippen molar-refractivity contribution in [3.63, 3.8) is 0 Å². The molecule has 0 saturated heterocycles. The Balaban J connectivity index is 0.000000288. The number of hydrogen-bond acceptors (Lipinski definition) is 0. The second kappa shape index (κ2) is 21.7. The summed E-state index contributed by atoms with van der Waals surface area (Å²) in [7, 11) is 0. The molecule has 0 bridgehead atoms. The SMILES string of the molecule is Brc1ccc(C#Cc2ccc[cH-]2)cc1.Brc1ccc(C#Cc2ccc[cH-]2)cc1.[Fe+2].[Fe+2].c1cc[cH-]c1.c1cc[cH-]c1. The summed E-state index contributed by atoms with van der Waals surface area (Å²) in [5.41, 5.74) is 4.20. The van der Waals surface area contributed by atoms with Crippen LogP contribution in [0.2, 0.25) is 0 Å². The van der Waals surface area contributed by atoms with E-state index in [0.717, 1.165) is 31.2 Å². The third-order valence-electron chi connectivity index (χ3n) is 4.83. The zero-order valence-corrected chi connectivity index (χ0v) is 26.9. The Bertz CT molecular complexity index is 1330. The van der Waals surface area contributed by atoms with E-state index in [0.29, 0.717) is 0 Å². The fraction of sp³-hybridized carbons (Fsp3) is 0. The largest absolute Gasteiger partial charge is 2.00 e. The van der Waals surface area contributed by atoms with E-state index in [9.17, 15) is 0 Å². The molecule has 0 aliphatic heterocycles. The fourth-order valence-electron chi connectivity index (χ4n) is 2.91. The molecule has 0 nitrogen and oxygen atoms in total. The number of benzene rings is 2.